The van der Waals surface area contributed by atoms with Crippen molar-refractivity contribution in [1.29, 1.82) is 0 Å². The Hall–Kier alpha value is -2.76. The standard InChI is InChI=1S/C16H15NO5/c1-19-12-5-3-10(4-6-12)15-17-13(16(18)20-2)14(22-15)11-7-8-21-9-11/h3-9,13-14H,1-2H3/t13-,14-/m1/s1. The highest BCUT2D eigenvalue weighted by atomic mass is 16.5. The molecule has 0 saturated carbocycles. The summed E-state index contributed by atoms with van der Waals surface area (Å²) in [5.41, 5.74) is 1.50. The van der Waals surface area contributed by atoms with Gasteiger partial charge in [0.15, 0.2) is 12.1 Å². The number of benzene rings is 1. The summed E-state index contributed by atoms with van der Waals surface area (Å²) in [6, 6.07) is 8.25. The number of carbonyl (C=O) groups is 1. The van der Waals surface area contributed by atoms with Crippen molar-refractivity contribution >= 4 is 11.9 Å². The zero-order chi connectivity index (χ0) is 15.5. The molecule has 2 atom stereocenters. The number of carbonyl (C=O) groups excluding carboxylic acids is 1. The van der Waals surface area contributed by atoms with E-state index in [0.717, 1.165) is 16.9 Å². The van der Waals surface area contributed by atoms with Gasteiger partial charge in [0.2, 0.25) is 5.90 Å². The van der Waals surface area contributed by atoms with Crippen LogP contribution < -0.4 is 4.74 Å². The third-order valence-electron chi connectivity index (χ3n) is 3.43. The molecule has 0 radical (unpaired) electrons. The van der Waals surface area contributed by atoms with Crippen LogP contribution in [-0.4, -0.2) is 32.1 Å². The van der Waals surface area contributed by atoms with Gasteiger partial charge >= 0.3 is 5.97 Å². The van der Waals surface area contributed by atoms with Gasteiger partial charge in [0.1, 0.15) is 5.75 Å². The first-order valence-corrected chi connectivity index (χ1v) is 6.71. The van der Waals surface area contributed by atoms with Gasteiger partial charge in [-0.05, 0) is 30.3 Å². The van der Waals surface area contributed by atoms with Crippen LogP contribution in [-0.2, 0) is 14.3 Å². The smallest absolute Gasteiger partial charge is 0.335 e. The molecule has 0 aliphatic carbocycles. The van der Waals surface area contributed by atoms with Crippen LogP contribution in [0.2, 0.25) is 0 Å². The Morgan fingerprint density at radius 2 is 1.95 bits per heavy atom. The summed E-state index contributed by atoms with van der Waals surface area (Å²) in [6.07, 6.45) is 2.51. The van der Waals surface area contributed by atoms with Gasteiger partial charge in [0.05, 0.1) is 26.7 Å². The Bertz CT molecular complexity index is 675. The summed E-state index contributed by atoms with van der Waals surface area (Å²) in [4.78, 5) is 16.3. The van der Waals surface area contributed by atoms with E-state index < -0.39 is 18.1 Å². The topological polar surface area (TPSA) is 70.3 Å². The quantitative estimate of drug-likeness (QED) is 0.811. The minimum atomic E-state index is -0.750. The molecule has 114 valence electrons. The van der Waals surface area contributed by atoms with Crippen LogP contribution in [0.15, 0.2) is 52.3 Å². The molecule has 1 aromatic carbocycles. The normalized spacial score (nSPS) is 20.2. The molecule has 2 aromatic rings. The fourth-order valence-electron chi connectivity index (χ4n) is 2.27. The van der Waals surface area contributed by atoms with Gasteiger partial charge in [-0.15, -0.1) is 0 Å². The summed E-state index contributed by atoms with van der Waals surface area (Å²) < 4.78 is 20.8. The van der Waals surface area contributed by atoms with Crippen molar-refractivity contribution in [3.05, 3.63) is 54.0 Å². The number of hydrogen-bond donors (Lipinski definition) is 0. The van der Waals surface area contributed by atoms with Gasteiger partial charge in [-0.25, -0.2) is 9.79 Å². The van der Waals surface area contributed by atoms with E-state index in [9.17, 15) is 4.79 Å². The van der Waals surface area contributed by atoms with E-state index in [1.165, 1.54) is 19.6 Å². The van der Waals surface area contributed by atoms with Crippen molar-refractivity contribution in [2.45, 2.75) is 12.1 Å². The van der Waals surface area contributed by atoms with E-state index >= 15 is 0 Å². The Kier molecular flexibility index (Phi) is 3.82. The number of hydrogen-bond acceptors (Lipinski definition) is 6. The molecular weight excluding hydrogens is 286 g/mol. The molecule has 0 N–H and O–H groups in total. The summed E-state index contributed by atoms with van der Waals surface area (Å²) >= 11 is 0. The van der Waals surface area contributed by atoms with Crippen molar-refractivity contribution in [2.24, 2.45) is 4.99 Å². The summed E-state index contributed by atoms with van der Waals surface area (Å²) in [7, 11) is 2.93. The fourth-order valence-corrected chi connectivity index (χ4v) is 2.27. The molecule has 2 heterocycles. The number of rotatable bonds is 4. The van der Waals surface area contributed by atoms with Crippen molar-refractivity contribution in [3.63, 3.8) is 0 Å². The van der Waals surface area contributed by atoms with E-state index in [1.807, 2.05) is 12.1 Å². The van der Waals surface area contributed by atoms with Crippen LogP contribution in [0.1, 0.15) is 17.2 Å². The van der Waals surface area contributed by atoms with Gasteiger partial charge in [-0.2, -0.15) is 0 Å². The summed E-state index contributed by atoms with van der Waals surface area (Å²) in [6.45, 7) is 0. The maximum absolute atomic E-state index is 11.9. The Morgan fingerprint density at radius 3 is 2.55 bits per heavy atom. The highest BCUT2D eigenvalue weighted by Gasteiger charge is 2.39. The molecular formula is C16H15NO5. The van der Waals surface area contributed by atoms with Crippen LogP contribution in [0.25, 0.3) is 0 Å². The first-order chi connectivity index (χ1) is 10.7. The number of furan rings is 1. The predicted octanol–water partition coefficient (Wildman–Crippen LogP) is 2.35. The molecule has 0 unspecified atom stereocenters. The van der Waals surface area contributed by atoms with Crippen LogP contribution >= 0.6 is 0 Å². The second-order valence-electron chi connectivity index (χ2n) is 4.73. The number of esters is 1. The number of nitrogens with zero attached hydrogens (tertiary/aromatic N) is 1. The third kappa shape index (κ3) is 2.55. The highest BCUT2D eigenvalue weighted by Crippen LogP contribution is 2.32. The maximum atomic E-state index is 11.9. The molecule has 0 saturated heterocycles. The monoisotopic (exact) mass is 301 g/mol. The molecule has 6 nitrogen and oxygen atoms in total. The van der Waals surface area contributed by atoms with Crippen molar-refractivity contribution in [2.75, 3.05) is 14.2 Å². The maximum Gasteiger partial charge on any atom is 0.335 e. The fraction of sp³-hybridized carbons (Fsp3) is 0.250. The van der Waals surface area contributed by atoms with Crippen LogP contribution in [0.5, 0.6) is 5.75 Å². The van der Waals surface area contributed by atoms with Crippen molar-refractivity contribution < 1.29 is 23.4 Å². The first-order valence-electron chi connectivity index (χ1n) is 6.71. The minimum absolute atomic E-state index is 0.393. The minimum Gasteiger partial charge on any atom is -0.497 e. The van der Waals surface area contributed by atoms with Gasteiger partial charge in [0.25, 0.3) is 0 Å². The molecule has 3 rings (SSSR count). The first kappa shape index (κ1) is 14.2. The average molecular weight is 301 g/mol. The zero-order valence-electron chi connectivity index (χ0n) is 12.2. The third-order valence-corrected chi connectivity index (χ3v) is 3.43. The van der Waals surface area contributed by atoms with Crippen molar-refractivity contribution in [1.82, 2.24) is 0 Å². The van der Waals surface area contributed by atoms with Gasteiger partial charge in [-0.1, -0.05) is 0 Å². The van der Waals surface area contributed by atoms with Gasteiger partial charge in [0, 0.05) is 11.1 Å². The Balaban J connectivity index is 1.90. The van der Waals surface area contributed by atoms with Crippen LogP contribution in [0.3, 0.4) is 0 Å². The average Bonchev–Trinajstić information content (AvgIpc) is 3.23. The molecule has 1 aromatic heterocycles. The molecule has 0 amide bonds. The molecule has 0 fully saturated rings. The van der Waals surface area contributed by atoms with Crippen LogP contribution in [0, 0.1) is 0 Å². The zero-order valence-corrected chi connectivity index (χ0v) is 12.2. The number of ether oxygens (including phenoxy) is 3. The molecule has 0 bridgehead atoms. The Morgan fingerprint density at radius 1 is 1.18 bits per heavy atom. The lowest BCUT2D eigenvalue weighted by atomic mass is 10.1. The second kappa shape index (κ2) is 5.93. The van der Waals surface area contributed by atoms with Crippen molar-refractivity contribution in [3.8, 4) is 5.75 Å². The van der Waals surface area contributed by atoms with Gasteiger partial charge in [-0.3, -0.25) is 0 Å². The number of methoxy groups -OCH3 is 2. The predicted molar refractivity (Wildman–Crippen MR) is 77.9 cm³/mol. The molecule has 1 aliphatic heterocycles. The summed E-state index contributed by atoms with van der Waals surface area (Å²) in [5.74, 6) is 0.678. The van der Waals surface area contributed by atoms with Gasteiger partial charge < -0.3 is 18.6 Å². The van der Waals surface area contributed by atoms with E-state index in [2.05, 4.69) is 4.99 Å². The lowest BCUT2D eigenvalue weighted by molar-refractivity contribution is -0.143. The van der Waals surface area contributed by atoms with E-state index in [-0.39, 0.29) is 0 Å². The molecule has 22 heavy (non-hydrogen) atoms. The lowest BCUT2D eigenvalue weighted by Crippen LogP contribution is -2.24. The number of aliphatic imine (C=N–C) groups is 1. The molecule has 0 spiro atoms. The molecule has 6 heteroatoms. The highest BCUT2D eigenvalue weighted by molar-refractivity contribution is 5.98. The SMILES string of the molecule is COC(=O)[C@@H]1N=C(c2ccc(OC)cc2)O[C@@H]1c1ccoc1. The summed E-state index contributed by atoms with van der Waals surface area (Å²) in [5, 5.41) is 0. The second-order valence-corrected chi connectivity index (χ2v) is 4.73. The van der Waals surface area contributed by atoms with E-state index in [1.54, 1.807) is 25.3 Å². The van der Waals surface area contributed by atoms with E-state index in [4.69, 9.17) is 18.6 Å². The molecule has 1 aliphatic rings. The van der Waals surface area contributed by atoms with Crippen LogP contribution in [0.4, 0.5) is 0 Å². The van der Waals surface area contributed by atoms with E-state index in [0.29, 0.717) is 5.90 Å². The Labute approximate surface area is 127 Å². The lowest BCUT2D eigenvalue weighted by Gasteiger charge is -2.14. The largest absolute Gasteiger partial charge is 0.497 e.